The number of rotatable bonds is 6. The highest BCUT2D eigenvalue weighted by Gasteiger charge is 2.23. The van der Waals surface area contributed by atoms with Crippen LogP contribution in [0.1, 0.15) is 47.2 Å². The molecule has 1 saturated heterocycles. The van der Waals surface area contributed by atoms with Gasteiger partial charge in [-0.15, -0.1) is 11.3 Å². The van der Waals surface area contributed by atoms with Gasteiger partial charge in [-0.3, -0.25) is 29.1 Å². The topological polar surface area (TPSA) is 104 Å². The van der Waals surface area contributed by atoms with Crippen LogP contribution >= 0.6 is 11.3 Å². The number of esters is 2. The summed E-state index contributed by atoms with van der Waals surface area (Å²) < 4.78 is 12.1. The molecule has 0 spiro atoms. The highest BCUT2D eigenvalue weighted by Crippen LogP contribution is 2.23. The molecule has 1 fully saturated rings. The maximum Gasteiger partial charge on any atom is 0.320 e. The van der Waals surface area contributed by atoms with E-state index in [9.17, 15) is 14.4 Å². The zero-order chi connectivity index (χ0) is 31.9. The van der Waals surface area contributed by atoms with Crippen molar-refractivity contribution in [1.82, 2.24) is 25.0 Å². The summed E-state index contributed by atoms with van der Waals surface area (Å²) in [6, 6.07) is 11.5. The first-order valence-electron chi connectivity index (χ1n) is 15.4. The van der Waals surface area contributed by atoms with Crippen LogP contribution in [0.4, 0.5) is 0 Å². The van der Waals surface area contributed by atoms with Crippen molar-refractivity contribution in [3.05, 3.63) is 52.3 Å². The second kappa shape index (κ2) is 14.9. The smallest absolute Gasteiger partial charge is 0.320 e. The molecule has 1 aliphatic rings. The number of carbonyl (C=O) groups excluding carboxylic acids is 2. The van der Waals surface area contributed by atoms with Crippen LogP contribution in [0.3, 0.4) is 0 Å². The van der Waals surface area contributed by atoms with Crippen LogP contribution in [0.15, 0.2) is 41.2 Å². The SMILES string of the molecule is CC(C)(C)OC(=O)CN1CCNCCN(CC(=O)OC(C)(C)C)CCN(Cc2ccc3c(=O)c4ccccc4sc3n2)CC1. The van der Waals surface area contributed by atoms with Crippen LogP contribution < -0.4 is 10.7 Å². The number of hydrogen-bond acceptors (Lipinski definition) is 11. The molecule has 10 nitrogen and oxygen atoms in total. The molecule has 3 aromatic rings. The normalized spacial score (nSPS) is 17.2. The first kappa shape index (κ1) is 33.9. The van der Waals surface area contributed by atoms with Crippen molar-refractivity contribution in [3.63, 3.8) is 0 Å². The van der Waals surface area contributed by atoms with Crippen molar-refractivity contribution in [2.24, 2.45) is 0 Å². The molecule has 4 rings (SSSR count). The van der Waals surface area contributed by atoms with E-state index in [-0.39, 0.29) is 30.5 Å². The molecule has 1 aromatic carbocycles. The van der Waals surface area contributed by atoms with Gasteiger partial charge in [0.2, 0.25) is 0 Å². The maximum absolute atomic E-state index is 13.1. The molecule has 11 heteroatoms. The van der Waals surface area contributed by atoms with Gasteiger partial charge in [-0.1, -0.05) is 12.1 Å². The number of carbonyl (C=O) groups is 2. The van der Waals surface area contributed by atoms with Gasteiger partial charge in [-0.25, -0.2) is 4.98 Å². The molecule has 0 radical (unpaired) electrons. The van der Waals surface area contributed by atoms with E-state index in [0.29, 0.717) is 69.7 Å². The Kier molecular flexibility index (Phi) is 11.5. The van der Waals surface area contributed by atoms with E-state index >= 15 is 0 Å². The highest BCUT2D eigenvalue weighted by atomic mass is 32.1. The molecular weight excluding hydrogens is 578 g/mol. The Morgan fingerprint density at radius 1 is 0.773 bits per heavy atom. The number of hydrogen-bond donors (Lipinski definition) is 1. The third-order valence-corrected chi connectivity index (χ3v) is 8.19. The van der Waals surface area contributed by atoms with Crippen molar-refractivity contribution in [2.45, 2.75) is 59.3 Å². The minimum atomic E-state index is -0.538. The largest absolute Gasteiger partial charge is 0.459 e. The molecule has 0 bridgehead atoms. The van der Waals surface area contributed by atoms with Crippen molar-refractivity contribution in [1.29, 1.82) is 0 Å². The number of nitrogens with zero attached hydrogens (tertiary/aromatic N) is 4. The molecular formula is C33H47N5O5S. The van der Waals surface area contributed by atoms with Gasteiger partial charge in [0.1, 0.15) is 16.0 Å². The summed E-state index contributed by atoms with van der Waals surface area (Å²) in [5, 5.41) is 4.80. The van der Waals surface area contributed by atoms with E-state index < -0.39 is 11.2 Å². The zero-order valence-corrected chi connectivity index (χ0v) is 27.8. The molecule has 0 saturated carbocycles. The summed E-state index contributed by atoms with van der Waals surface area (Å²) in [5.41, 5.74) is -0.203. The molecule has 2 aromatic heterocycles. The fraction of sp³-hybridized carbons (Fsp3) is 0.576. The molecule has 0 aliphatic carbocycles. The standard InChI is InChI=1S/C33H47N5O5S/c1-32(2,3)42-28(39)22-36-15-13-34-14-16-37(23-29(40)43-33(4,5)6)18-20-38(19-17-36)21-24-11-12-26-30(41)25-9-7-8-10-27(25)44-31(26)35-24/h7-12,34H,13-23H2,1-6H3. The van der Waals surface area contributed by atoms with Crippen LogP contribution in [-0.4, -0.2) is 108 Å². The first-order valence-corrected chi connectivity index (χ1v) is 16.2. The summed E-state index contributed by atoms with van der Waals surface area (Å²) in [6.07, 6.45) is 0. The van der Waals surface area contributed by atoms with E-state index in [1.165, 1.54) is 11.3 Å². The number of fused-ring (bicyclic) bond motifs is 2. The Morgan fingerprint density at radius 2 is 1.32 bits per heavy atom. The molecule has 0 atom stereocenters. The van der Waals surface area contributed by atoms with E-state index in [0.717, 1.165) is 15.2 Å². The Balaban J connectivity index is 1.53. The molecule has 3 heterocycles. The molecule has 0 unspecified atom stereocenters. The lowest BCUT2D eigenvalue weighted by Crippen LogP contribution is -2.47. The van der Waals surface area contributed by atoms with Crippen LogP contribution in [0.2, 0.25) is 0 Å². The van der Waals surface area contributed by atoms with Gasteiger partial charge in [0.05, 0.1) is 24.2 Å². The second-order valence-electron chi connectivity index (χ2n) is 13.3. The predicted molar refractivity (Wildman–Crippen MR) is 176 cm³/mol. The lowest BCUT2D eigenvalue weighted by molar-refractivity contribution is -0.157. The third-order valence-electron chi connectivity index (χ3n) is 7.11. The molecule has 240 valence electrons. The minimum absolute atomic E-state index is 0.00360. The number of ether oxygens (including phenoxy) is 2. The van der Waals surface area contributed by atoms with Crippen molar-refractivity contribution < 1.29 is 19.1 Å². The second-order valence-corrected chi connectivity index (χ2v) is 14.4. The van der Waals surface area contributed by atoms with Crippen LogP contribution in [0.5, 0.6) is 0 Å². The Morgan fingerprint density at radius 3 is 1.89 bits per heavy atom. The quantitative estimate of drug-likeness (QED) is 0.323. The molecule has 44 heavy (non-hydrogen) atoms. The highest BCUT2D eigenvalue weighted by molar-refractivity contribution is 7.24. The van der Waals surface area contributed by atoms with Gasteiger partial charge in [0.15, 0.2) is 5.43 Å². The van der Waals surface area contributed by atoms with E-state index in [1.54, 1.807) is 0 Å². The first-order chi connectivity index (χ1) is 20.8. The van der Waals surface area contributed by atoms with Crippen molar-refractivity contribution >= 4 is 43.6 Å². The fourth-order valence-corrected chi connectivity index (χ4v) is 6.19. The maximum atomic E-state index is 13.1. The number of aromatic nitrogens is 1. The van der Waals surface area contributed by atoms with Gasteiger partial charge in [-0.05, 0) is 65.8 Å². The molecule has 0 amide bonds. The predicted octanol–water partition coefficient (Wildman–Crippen LogP) is 3.50. The average Bonchev–Trinajstić information content (AvgIpc) is 2.91. The Hall–Kier alpha value is -2.96. The van der Waals surface area contributed by atoms with Gasteiger partial charge in [0, 0.05) is 69.0 Å². The summed E-state index contributed by atoms with van der Waals surface area (Å²) in [4.78, 5) is 50.6. The van der Waals surface area contributed by atoms with E-state index in [4.69, 9.17) is 14.5 Å². The third kappa shape index (κ3) is 10.6. The van der Waals surface area contributed by atoms with Crippen molar-refractivity contribution in [3.8, 4) is 0 Å². The van der Waals surface area contributed by atoms with Crippen molar-refractivity contribution in [2.75, 3.05) is 65.4 Å². The van der Waals surface area contributed by atoms with E-state index in [1.807, 2.05) is 77.9 Å². The van der Waals surface area contributed by atoms with Gasteiger partial charge in [-0.2, -0.15) is 0 Å². The average molecular weight is 626 g/mol. The van der Waals surface area contributed by atoms with E-state index in [2.05, 4.69) is 20.0 Å². The lowest BCUT2D eigenvalue weighted by Gasteiger charge is -2.31. The zero-order valence-electron chi connectivity index (χ0n) is 27.0. The number of nitrogens with one attached hydrogen (secondary N) is 1. The van der Waals surface area contributed by atoms with Gasteiger partial charge in [0.25, 0.3) is 0 Å². The van der Waals surface area contributed by atoms with Gasteiger partial charge >= 0.3 is 11.9 Å². The summed E-state index contributed by atoms with van der Waals surface area (Å²) in [6.45, 7) is 17.8. The number of pyridine rings is 1. The Labute approximate surface area is 264 Å². The summed E-state index contributed by atoms with van der Waals surface area (Å²) in [5.74, 6) is -0.476. The fourth-order valence-electron chi connectivity index (χ4n) is 5.13. The number of benzene rings is 1. The van der Waals surface area contributed by atoms with Crippen LogP contribution in [0, 0.1) is 0 Å². The molecule has 1 N–H and O–H groups in total. The van der Waals surface area contributed by atoms with Crippen LogP contribution in [-0.2, 0) is 25.6 Å². The van der Waals surface area contributed by atoms with Gasteiger partial charge < -0.3 is 14.8 Å². The summed E-state index contributed by atoms with van der Waals surface area (Å²) >= 11 is 1.53. The Bertz CT molecular complexity index is 1450. The summed E-state index contributed by atoms with van der Waals surface area (Å²) in [7, 11) is 0. The van der Waals surface area contributed by atoms with Crippen LogP contribution in [0.25, 0.3) is 20.3 Å². The minimum Gasteiger partial charge on any atom is -0.459 e. The monoisotopic (exact) mass is 625 g/mol. The molecule has 1 aliphatic heterocycles. The lowest BCUT2D eigenvalue weighted by atomic mass is 10.2.